The maximum atomic E-state index is 13.1. The molecule has 1 aliphatic heterocycles. The van der Waals surface area contributed by atoms with Crippen molar-refractivity contribution in [2.45, 2.75) is 50.3 Å². The number of fused-ring (bicyclic) bond motifs is 1. The fourth-order valence-corrected chi connectivity index (χ4v) is 6.11. The Kier molecular flexibility index (Phi) is 3.37. The summed E-state index contributed by atoms with van der Waals surface area (Å²) in [6.07, 6.45) is 2.91. The molecule has 2 fully saturated rings. The van der Waals surface area contributed by atoms with E-state index in [0.29, 0.717) is 36.3 Å². The quantitative estimate of drug-likeness (QED) is 0.828. The van der Waals surface area contributed by atoms with Gasteiger partial charge in [-0.2, -0.15) is 9.29 Å². The Morgan fingerprint density at radius 2 is 2.00 bits per heavy atom. The van der Waals surface area contributed by atoms with Crippen LogP contribution in [0.4, 0.5) is 0 Å². The zero-order valence-corrected chi connectivity index (χ0v) is 14.8. The maximum absolute atomic E-state index is 13.1. The predicted octanol–water partition coefficient (Wildman–Crippen LogP) is 1.73. The average Bonchev–Trinajstić information content (AvgIpc) is 3.22. The second kappa shape index (κ2) is 5.13. The number of aromatic nitrogens is 3. The minimum atomic E-state index is -3.65. The Labute approximate surface area is 140 Å². The van der Waals surface area contributed by atoms with E-state index in [4.69, 9.17) is 9.05 Å². The Hall–Kier alpha value is -1.74. The van der Waals surface area contributed by atoms with Crippen molar-refractivity contribution in [1.29, 1.82) is 0 Å². The summed E-state index contributed by atoms with van der Waals surface area (Å²) in [6.45, 7) is 5.88. The number of aryl methyl sites for hydroxylation is 3. The van der Waals surface area contributed by atoms with Crippen LogP contribution < -0.4 is 0 Å². The Bertz CT molecular complexity index is 868. The molecule has 130 valence electrons. The van der Waals surface area contributed by atoms with Crippen molar-refractivity contribution in [3.05, 3.63) is 23.2 Å². The van der Waals surface area contributed by atoms with Crippen molar-refractivity contribution in [1.82, 2.24) is 19.6 Å². The molecule has 24 heavy (non-hydrogen) atoms. The number of hydrogen-bond acceptors (Lipinski definition) is 7. The molecular weight excluding hydrogens is 332 g/mol. The van der Waals surface area contributed by atoms with E-state index in [1.165, 1.54) is 4.31 Å². The number of rotatable bonds is 3. The zero-order chi connectivity index (χ0) is 17.1. The summed E-state index contributed by atoms with van der Waals surface area (Å²) in [5.74, 6) is 1.69. The van der Waals surface area contributed by atoms with Gasteiger partial charge in [0.2, 0.25) is 15.9 Å². The van der Waals surface area contributed by atoms with Gasteiger partial charge in [0.15, 0.2) is 11.6 Å². The molecule has 2 aromatic heterocycles. The molecular formula is C15H20N4O4S. The average molecular weight is 352 g/mol. The third-order valence-corrected chi connectivity index (χ3v) is 7.43. The summed E-state index contributed by atoms with van der Waals surface area (Å²) in [5, 5.41) is 7.89. The molecule has 0 spiro atoms. The molecule has 8 nitrogen and oxygen atoms in total. The highest BCUT2D eigenvalue weighted by atomic mass is 32.2. The van der Waals surface area contributed by atoms with E-state index in [1.807, 2.05) is 0 Å². The second-order valence-corrected chi connectivity index (χ2v) is 8.71. The number of sulfonamides is 1. The van der Waals surface area contributed by atoms with E-state index < -0.39 is 10.0 Å². The third kappa shape index (κ3) is 2.07. The van der Waals surface area contributed by atoms with E-state index in [1.54, 1.807) is 20.8 Å². The van der Waals surface area contributed by atoms with Crippen LogP contribution in [0.5, 0.6) is 0 Å². The van der Waals surface area contributed by atoms with Gasteiger partial charge in [-0.05, 0) is 32.6 Å². The normalized spacial score (nSPS) is 27.7. The van der Waals surface area contributed by atoms with Crippen LogP contribution in [-0.4, -0.2) is 41.1 Å². The molecule has 1 saturated heterocycles. The molecule has 9 heteroatoms. The summed E-state index contributed by atoms with van der Waals surface area (Å²) < 4.78 is 38.0. The van der Waals surface area contributed by atoms with Gasteiger partial charge in [-0.25, -0.2) is 8.42 Å². The van der Waals surface area contributed by atoms with E-state index in [-0.39, 0.29) is 16.2 Å². The summed E-state index contributed by atoms with van der Waals surface area (Å²) in [6, 6.07) is 0. The lowest BCUT2D eigenvalue weighted by molar-refractivity contribution is 0.332. The summed E-state index contributed by atoms with van der Waals surface area (Å²) in [7, 11) is -3.65. The van der Waals surface area contributed by atoms with Gasteiger partial charge >= 0.3 is 0 Å². The SMILES string of the molecule is Cc1nc([C@@]23CCC[C@@H]2CN(S(=O)(=O)c2c(C)noc2C)C3)no1. The van der Waals surface area contributed by atoms with E-state index >= 15 is 0 Å². The van der Waals surface area contributed by atoms with Crippen LogP contribution >= 0.6 is 0 Å². The first-order chi connectivity index (χ1) is 11.3. The van der Waals surface area contributed by atoms with Gasteiger partial charge in [0, 0.05) is 20.0 Å². The van der Waals surface area contributed by atoms with Gasteiger partial charge in [-0.1, -0.05) is 16.7 Å². The van der Waals surface area contributed by atoms with Crippen LogP contribution in [0.1, 0.15) is 42.4 Å². The van der Waals surface area contributed by atoms with Crippen LogP contribution in [0.15, 0.2) is 13.9 Å². The monoisotopic (exact) mass is 352 g/mol. The smallest absolute Gasteiger partial charge is 0.248 e. The van der Waals surface area contributed by atoms with Crippen LogP contribution in [0, 0.1) is 26.7 Å². The van der Waals surface area contributed by atoms with Gasteiger partial charge in [0.05, 0.1) is 5.41 Å². The van der Waals surface area contributed by atoms with Crippen LogP contribution in [0.25, 0.3) is 0 Å². The fraction of sp³-hybridized carbons (Fsp3) is 0.667. The standard InChI is InChI=1S/C15H20N4O4S/c1-9-13(10(2)22-17-9)24(20,21)19-7-12-5-4-6-15(12,8-19)14-16-11(3)23-18-14/h12H,4-8H2,1-3H3/t12-,15-/m1/s1. The molecule has 0 N–H and O–H groups in total. The highest BCUT2D eigenvalue weighted by Gasteiger charge is 2.56. The largest absolute Gasteiger partial charge is 0.360 e. The number of nitrogens with zero attached hydrogens (tertiary/aromatic N) is 4. The topological polar surface area (TPSA) is 102 Å². The fourth-order valence-electron chi connectivity index (χ4n) is 4.27. The summed E-state index contributed by atoms with van der Waals surface area (Å²) >= 11 is 0. The van der Waals surface area contributed by atoms with Gasteiger partial charge in [0.1, 0.15) is 10.6 Å². The molecule has 2 aromatic rings. The van der Waals surface area contributed by atoms with Gasteiger partial charge in [-0.15, -0.1) is 0 Å². The lowest BCUT2D eigenvalue weighted by Crippen LogP contribution is -2.35. The zero-order valence-electron chi connectivity index (χ0n) is 13.9. The first-order valence-corrected chi connectivity index (χ1v) is 9.52. The van der Waals surface area contributed by atoms with Crippen molar-refractivity contribution in [3.8, 4) is 0 Å². The molecule has 3 heterocycles. The highest BCUT2D eigenvalue weighted by molar-refractivity contribution is 7.89. The minimum absolute atomic E-state index is 0.182. The molecule has 0 bridgehead atoms. The lowest BCUT2D eigenvalue weighted by atomic mass is 9.80. The molecule has 0 amide bonds. The molecule has 1 aliphatic carbocycles. The van der Waals surface area contributed by atoms with Crippen molar-refractivity contribution >= 4 is 10.0 Å². The Morgan fingerprint density at radius 3 is 2.62 bits per heavy atom. The van der Waals surface area contributed by atoms with Gasteiger partial charge in [-0.3, -0.25) is 0 Å². The van der Waals surface area contributed by atoms with E-state index in [0.717, 1.165) is 19.3 Å². The van der Waals surface area contributed by atoms with Crippen molar-refractivity contribution in [2.75, 3.05) is 13.1 Å². The lowest BCUT2D eigenvalue weighted by Gasteiger charge is -2.24. The minimum Gasteiger partial charge on any atom is -0.360 e. The number of hydrogen-bond donors (Lipinski definition) is 0. The van der Waals surface area contributed by atoms with Crippen LogP contribution in [0.3, 0.4) is 0 Å². The second-order valence-electron chi connectivity index (χ2n) is 6.83. The summed E-state index contributed by atoms with van der Waals surface area (Å²) in [5.41, 5.74) is 0.0538. The first-order valence-electron chi connectivity index (χ1n) is 8.08. The third-order valence-electron chi connectivity index (χ3n) is 5.38. The Balaban J connectivity index is 1.73. The maximum Gasteiger partial charge on any atom is 0.248 e. The molecule has 1 saturated carbocycles. The molecule has 2 aliphatic rings. The molecule has 0 aromatic carbocycles. The van der Waals surface area contributed by atoms with Crippen LogP contribution in [-0.2, 0) is 15.4 Å². The highest BCUT2D eigenvalue weighted by Crippen LogP contribution is 2.50. The molecule has 4 rings (SSSR count). The molecule has 2 atom stereocenters. The molecule has 0 radical (unpaired) electrons. The first kappa shape index (κ1) is 15.8. The van der Waals surface area contributed by atoms with Crippen LogP contribution in [0.2, 0.25) is 0 Å². The van der Waals surface area contributed by atoms with Crippen molar-refractivity contribution < 1.29 is 17.5 Å². The predicted molar refractivity (Wildman–Crippen MR) is 82.8 cm³/mol. The summed E-state index contributed by atoms with van der Waals surface area (Å²) in [4.78, 5) is 4.59. The van der Waals surface area contributed by atoms with E-state index in [2.05, 4.69) is 15.3 Å². The Morgan fingerprint density at radius 1 is 1.21 bits per heavy atom. The van der Waals surface area contributed by atoms with Gasteiger partial charge in [0.25, 0.3) is 0 Å². The van der Waals surface area contributed by atoms with Gasteiger partial charge < -0.3 is 9.05 Å². The van der Waals surface area contributed by atoms with Crippen molar-refractivity contribution in [3.63, 3.8) is 0 Å². The molecule has 0 unspecified atom stereocenters. The van der Waals surface area contributed by atoms with Crippen molar-refractivity contribution in [2.24, 2.45) is 5.92 Å². The van der Waals surface area contributed by atoms with E-state index in [9.17, 15) is 8.42 Å².